The molecule has 3 rings (SSSR count). The summed E-state index contributed by atoms with van der Waals surface area (Å²) in [5.41, 5.74) is 1.48. The van der Waals surface area contributed by atoms with E-state index in [4.69, 9.17) is 11.6 Å². The van der Waals surface area contributed by atoms with Gasteiger partial charge in [0.1, 0.15) is 4.83 Å². The third-order valence-electron chi connectivity index (χ3n) is 4.31. The van der Waals surface area contributed by atoms with E-state index in [1.807, 2.05) is 13.8 Å². The molecule has 28 heavy (non-hydrogen) atoms. The Morgan fingerprint density at radius 3 is 2.89 bits per heavy atom. The number of allylic oxidation sites excluding steroid dienone is 1. The van der Waals surface area contributed by atoms with Gasteiger partial charge in [-0.25, -0.2) is 4.98 Å². The molecule has 0 bridgehead atoms. The highest BCUT2D eigenvalue weighted by Crippen LogP contribution is 2.30. The van der Waals surface area contributed by atoms with Crippen LogP contribution in [0.4, 0.5) is 5.69 Å². The second kappa shape index (κ2) is 8.51. The lowest BCUT2D eigenvalue weighted by atomic mass is 10.2. The van der Waals surface area contributed by atoms with Gasteiger partial charge in [0.05, 0.1) is 10.6 Å². The summed E-state index contributed by atoms with van der Waals surface area (Å²) in [6, 6.07) is 6.98. The molecule has 0 fully saturated rings. The molecule has 0 saturated carbocycles. The first-order valence-corrected chi connectivity index (χ1v) is 10.7. The SMILES string of the molecule is C=CCn1c(SC(C)C(=O)Nc2cccc(Cl)c2)nc2sc(C)c(C)c2c1=O. The predicted molar refractivity (Wildman–Crippen MR) is 119 cm³/mol. The molecule has 1 amide bonds. The highest BCUT2D eigenvalue weighted by molar-refractivity contribution is 8.00. The number of carbonyl (C=O) groups excluding carboxylic acids is 1. The maximum Gasteiger partial charge on any atom is 0.263 e. The number of aromatic nitrogens is 2. The Kier molecular flexibility index (Phi) is 6.27. The molecule has 0 radical (unpaired) electrons. The highest BCUT2D eigenvalue weighted by atomic mass is 35.5. The molecule has 0 saturated heterocycles. The van der Waals surface area contributed by atoms with Gasteiger partial charge in [-0.2, -0.15) is 0 Å². The van der Waals surface area contributed by atoms with Crippen LogP contribution in [0.3, 0.4) is 0 Å². The molecule has 2 aromatic heterocycles. The van der Waals surface area contributed by atoms with Gasteiger partial charge in [0, 0.05) is 22.1 Å². The van der Waals surface area contributed by atoms with Crippen molar-refractivity contribution in [2.75, 3.05) is 5.32 Å². The number of rotatable bonds is 6. The monoisotopic (exact) mass is 433 g/mol. The molecule has 146 valence electrons. The zero-order valence-electron chi connectivity index (χ0n) is 15.8. The van der Waals surface area contributed by atoms with Gasteiger partial charge < -0.3 is 5.32 Å². The third-order valence-corrected chi connectivity index (χ3v) is 6.74. The molecule has 3 aromatic rings. The van der Waals surface area contributed by atoms with Gasteiger partial charge in [-0.15, -0.1) is 17.9 Å². The third kappa shape index (κ3) is 4.16. The number of anilines is 1. The Balaban J connectivity index is 1.92. The Morgan fingerprint density at radius 1 is 1.46 bits per heavy atom. The number of nitrogens with zero attached hydrogens (tertiary/aromatic N) is 2. The number of amides is 1. The maximum absolute atomic E-state index is 13.0. The fraction of sp³-hybridized carbons (Fsp3) is 0.250. The number of nitrogens with one attached hydrogen (secondary N) is 1. The minimum absolute atomic E-state index is 0.100. The van der Waals surface area contributed by atoms with Crippen molar-refractivity contribution >= 4 is 56.5 Å². The Bertz CT molecular complexity index is 1120. The molecule has 0 aliphatic carbocycles. The van der Waals surface area contributed by atoms with Crippen molar-refractivity contribution in [3.05, 3.63) is 62.7 Å². The van der Waals surface area contributed by atoms with Crippen molar-refractivity contribution in [3.63, 3.8) is 0 Å². The first-order valence-electron chi connectivity index (χ1n) is 8.66. The fourth-order valence-electron chi connectivity index (χ4n) is 2.71. The van der Waals surface area contributed by atoms with Crippen LogP contribution in [0.5, 0.6) is 0 Å². The first-order chi connectivity index (χ1) is 13.3. The van der Waals surface area contributed by atoms with E-state index < -0.39 is 5.25 Å². The average molecular weight is 434 g/mol. The van der Waals surface area contributed by atoms with Crippen LogP contribution in [0.15, 0.2) is 46.9 Å². The zero-order chi connectivity index (χ0) is 20.4. The Hall–Kier alpha value is -2.09. The van der Waals surface area contributed by atoms with E-state index in [1.54, 1.807) is 41.8 Å². The number of benzene rings is 1. The number of aryl methyl sites for hydroxylation is 2. The van der Waals surface area contributed by atoms with Gasteiger partial charge in [-0.3, -0.25) is 14.2 Å². The highest BCUT2D eigenvalue weighted by Gasteiger charge is 2.21. The van der Waals surface area contributed by atoms with Crippen LogP contribution in [-0.4, -0.2) is 20.7 Å². The summed E-state index contributed by atoms with van der Waals surface area (Å²) < 4.78 is 1.57. The Morgan fingerprint density at radius 2 is 2.21 bits per heavy atom. The smallest absolute Gasteiger partial charge is 0.263 e. The van der Waals surface area contributed by atoms with Crippen LogP contribution in [0.2, 0.25) is 5.02 Å². The van der Waals surface area contributed by atoms with Crippen LogP contribution in [0.1, 0.15) is 17.4 Å². The zero-order valence-corrected chi connectivity index (χ0v) is 18.2. The fourth-order valence-corrected chi connectivity index (χ4v) is 4.89. The number of halogens is 1. The second-order valence-corrected chi connectivity index (χ2v) is 9.27. The average Bonchev–Trinajstić information content (AvgIpc) is 2.92. The largest absolute Gasteiger partial charge is 0.325 e. The summed E-state index contributed by atoms with van der Waals surface area (Å²) in [5, 5.41) is 4.09. The summed E-state index contributed by atoms with van der Waals surface area (Å²) in [6.45, 7) is 9.77. The van der Waals surface area contributed by atoms with E-state index in [0.717, 1.165) is 10.4 Å². The number of thiophene rings is 1. The molecule has 1 aromatic carbocycles. The van der Waals surface area contributed by atoms with Crippen molar-refractivity contribution in [3.8, 4) is 0 Å². The standard InChI is InChI=1S/C20H20ClN3O2S2/c1-5-9-24-19(26)16-11(2)12(3)27-18(16)23-20(24)28-13(4)17(25)22-15-8-6-7-14(21)10-15/h5-8,10,13H,1,9H2,2-4H3,(H,22,25). The topological polar surface area (TPSA) is 64.0 Å². The summed E-state index contributed by atoms with van der Waals surface area (Å²) >= 11 is 8.71. The van der Waals surface area contributed by atoms with Crippen LogP contribution < -0.4 is 10.9 Å². The molecule has 0 spiro atoms. The van der Waals surface area contributed by atoms with E-state index in [2.05, 4.69) is 16.9 Å². The molecular weight excluding hydrogens is 414 g/mol. The lowest BCUT2D eigenvalue weighted by molar-refractivity contribution is -0.115. The molecule has 1 N–H and O–H groups in total. The molecule has 1 unspecified atom stereocenters. The second-order valence-electron chi connectivity index (χ2n) is 6.32. The minimum Gasteiger partial charge on any atom is -0.325 e. The number of thioether (sulfide) groups is 1. The molecule has 5 nitrogen and oxygen atoms in total. The minimum atomic E-state index is -0.457. The molecule has 0 aliphatic heterocycles. The lowest BCUT2D eigenvalue weighted by Crippen LogP contribution is -2.26. The molecule has 8 heteroatoms. The molecule has 1 atom stereocenters. The molecule has 2 heterocycles. The van der Waals surface area contributed by atoms with Crippen LogP contribution in [0, 0.1) is 13.8 Å². The van der Waals surface area contributed by atoms with E-state index >= 15 is 0 Å². The molecular formula is C20H20ClN3O2S2. The Labute approximate surface area is 176 Å². The predicted octanol–water partition coefficient (Wildman–Crippen LogP) is 5.03. The number of hydrogen-bond donors (Lipinski definition) is 1. The summed E-state index contributed by atoms with van der Waals surface area (Å²) in [4.78, 5) is 32.0. The van der Waals surface area contributed by atoms with Crippen molar-refractivity contribution < 1.29 is 4.79 Å². The van der Waals surface area contributed by atoms with E-state index in [1.165, 1.54) is 23.1 Å². The van der Waals surface area contributed by atoms with E-state index in [9.17, 15) is 9.59 Å². The van der Waals surface area contributed by atoms with Crippen molar-refractivity contribution in [1.29, 1.82) is 0 Å². The van der Waals surface area contributed by atoms with Gasteiger partial charge in [-0.1, -0.05) is 35.5 Å². The summed E-state index contributed by atoms with van der Waals surface area (Å²) in [6.07, 6.45) is 1.66. The van der Waals surface area contributed by atoms with Gasteiger partial charge in [0.2, 0.25) is 5.91 Å². The van der Waals surface area contributed by atoms with E-state index in [0.29, 0.717) is 32.6 Å². The lowest BCUT2D eigenvalue weighted by Gasteiger charge is -2.15. The van der Waals surface area contributed by atoms with Gasteiger partial charge in [-0.05, 0) is 44.5 Å². The molecule has 0 aliphatic rings. The van der Waals surface area contributed by atoms with Gasteiger partial charge in [0.25, 0.3) is 5.56 Å². The normalized spacial score (nSPS) is 12.1. The summed E-state index contributed by atoms with van der Waals surface area (Å²) in [7, 11) is 0. The van der Waals surface area contributed by atoms with Crippen molar-refractivity contribution in [2.24, 2.45) is 0 Å². The van der Waals surface area contributed by atoms with Gasteiger partial charge >= 0.3 is 0 Å². The van der Waals surface area contributed by atoms with Crippen molar-refractivity contribution in [2.45, 2.75) is 37.7 Å². The van der Waals surface area contributed by atoms with Crippen LogP contribution in [-0.2, 0) is 11.3 Å². The maximum atomic E-state index is 13.0. The number of carbonyl (C=O) groups is 1. The number of fused-ring (bicyclic) bond motifs is 1. The summed E-state index contributed by atoms with van der Waals surface area (Å²) in [5.74, 6) is -0.190. The van der Waals surface area contributed by atoms with E-state index in [-0.39, 0.29) is 11.5 Å². The first kappa shape index (κ1) is 20.6. The van der Waals surface area contributed by atoms with Crippen LogP contribution in [0.25, 0.3) is 10.2 Å². The van der Waals surface area contributed by atoms with Crippen LogP contribution >= 0.6 is 34.7 Å². The quantitative estimate of drug-likeness (QED) is 0.336. The van der Waals surface area contributed by atoms with Gasteiger partial charge in [0.15, 0.2) is 5.16 Å². The van der Waals surface area contributed by atoms with Crippen molar-refractivity contribution in [1.82, 2.24) is 9.55 Å². The number of hydrogen-bond acceptors (Lipinski definition) is 5.